The maximum absolute atomic E-state index is 10.6. The molecule has 1 rings (SSSR count). The lowest BCUT2D eigenvalue weighted by atomic mass is 10.1. The van der Waals surface area contributed by atoms with E-state index in [0.29, 0.717) is 12.0 Å². The molecule has 0 aromatic rings. The Hall–Kier alpha value is -0.0600. The minimum absolute atomic E-state index is 0.129. The van der Waals surface area contributed by atoms with Crippen LogP contribution in [0.15, 0.2) is 0 Å². The standard InChI is InChI=1S/C8H15NO2S/c1-7(10)12-6-11-8-2-4-9-5-3-8/h8-9H,2-6H2,1H3. The zero-order valence-electron chi connectivity index (χ0n) is 7.34. The highest BCUT2D eigenvalue weighted by Gasteiger charge is 2.12. The molecule has 0 saturated carbocycles. The van der Waals surface area contributed by atoms with Gasteiger partial charge >= 0.3 is 0 Å². The molecule has 1 aliphatic rings. The average Bonchev–Trinajstić information content (AvgIpc) is 2.05. The molecule has 70 valence electrons. The average molecular weight is 189 g/mol. The molecule has 1 saturated heterocycles. The molecular formula is C8H15NO2S. The summed E-state index contributed by atoms with van der Waals surface area (Å²) in [4.78, 5) is 10.6. The van der Waals surface area contributed by atoms with E-state index in [9.17, 15) is 4.79 Å². The van der Waals surface area contributed by atoms with E-state index in [4.69, 9.17) is 4.74 Å². The summed E-state index contributed by atoms with van der Waals surface area (Å²) < 4.78 is 5.50. The van der Waals surface area contributed by atoms with E-state index in [2.05, 4.69) is 5.32 Å². The van der Waals surface area contributed by atoms with Gasteiger partial charge in [0.1, 0.15) is 0 Å². The van der Waals surface area contributed by atoms with E-state index in [0.717, 1.165) is 25.9 Å². The van der Waals surface area contributed by atoms with Gasteiger partial charge in [-0.3, -0.25) is 4.79 Å². The Bertz CT molecular complexity index is 146. The highest BCUT2D eigenvalue weighted by Crippen LogP contribution is 2.10. The molecule has 0 aromatic heterocycles. The van der Waals surface area contributed by atoms with Gasteiger partial charge in [-0.05, 0) is 25.9 Å². The number of carbonyl (C=O) groups excluding carboxylic acids is 1. The van der Waals surface area contributed by atoms with Gasteiger partial charge in [-0.1, -0.05) is 11.8 Å². The van der Waals surface area contributed by atoms with Gasteiger partial charge in [0.2, 0.25) is 0 Å². The third-order valence-corrected chi connectivity index (χ3v) is 2.51. The molecule has 1 N–H and O–H groups in total. The summed E-state index contributed by atoms with van der Waals surface area (Å²) in [7, 11) is 0. The molecule has 4 heteroatoms. The molecule has 0 unspecified atom stereocenters. The summed E-state index contributed by atoms with van der Waals surface area (Å²) in [6.07, 6.45) is 2.50. The Morgan fingerprint density at radius 2 is 2.25 bits per heavy atom. The smallest absolute Gasteiger partial charge is 0.188 e. The first kappa shape index (κ1) is 10.0. The van der Waals surface area contributed by atoms with Crippen molar-refractivity contribution in [2.45, 2.75) is 25.9 Å². The van der Waals surface area contributed by atoms with E-state index < -0.39 is 0 Å². The lowest BCUT2D eigenvalue weighted by Crippen LogP contribution is -2.32. The van der Waals surface area contributed by atoms with Gasteiger partial charge in [0.05, 0.1) is 12.0 Å². The van der Waals surface area contributed by atoms with E-state index >= 15 is 0 Å². The molecule has 1 heterocycles. The number of carbonyl (C=O) groups is 1. The fraction of sp³-hybridized carbons (Fsp3) is 0.875. The number of ether oxygens (including phenoxy) is 1. The molecular weight excluding hydrogens is 174 g/mol. The van der Waals surface area contributed by atoms with Gasteiger partial charge in [-0.25, -0.2) is 0 Å². The molecule has 0 aliphatic carbocycles. The van der Waals surface area contributed by atoms with Gasteiger partial charge in [-0.15, -0.1) is 0 Å². The number of nitrogens with one attached hydrogen (secondary N) is 1. The summed E-state index contributed by atoms with van der Waals surface area (Å²) in [5.74, 6) is 0.514. The number of thioether (sulfide) groups is 1. The van der Waals surface area contributed by atoms with E-state index in [1.54, 1.807) is 6.92 Å². The second-order valence-electron chi connectivity index (χ2n) is 2.87. The normalized spacial score (nSPS) is 19.4. The Kier molecular flexibility index (Phi) is 4.65. The Labute approximate surface area is 77.2 Å². The predicted molar refractivity (Wildman–Crippen MR) is 50.1 cm³/mol. The van der Waals surface area contributed by atoms with Crippen LogP contribution in [0.25, 0.3) is 0 Å². The monoisotopic (exact) mass is 189 g/mol. The van der Waals surface area contributed by atoms with Crippen molar-refractivity contribution in [3.05, 3.63) is 0 Å². The van der Waals surface area contributed by atoms with Gasteiger partial charge in [-0.2, -0.15) is 0 Å². The first-order valence-electron chi connectivity index (χ1n) is 4.24. The van der Waals surface area contributed by atoms with E-state index in [1.807, 2.05) is 0 Å². The summed E-state index contributed by atoms with van der Waals surface area (Å²) in [5.41, 5.74) is 0. The molecule has 0 amide bonds. The Balaban J connectivity index is 2.01. The zero-order valence-corrected chi connectivity index (χ0v) is 8.15. The van der Waals surface area contributed by atoms with Crippen LogP contribution < -0.4 is 5.32 Å². The minimum atomic E-state index is 0.129. The van der Waals surface area contributed by atoms with Crippen molar-refractivity contribution in [1.29, 1.82) is 0 Å². The molecule has 0 radical (unpaired) electrons. The SMILES string of the molecule is CC(=O)SCOC1CCNCC1. The summed E-state index contributed by atoms with van der Waals surface area (Å²) >= 11 is 1.24. The molecule has 0 bridgehead atoms. The van der Waals surface area contributed by atoms with Crippen molar-refractivity contribution in [2.24, 2.45) is 0 Å². The molecule has 3 nitrogen and oxygen atoms in total. The third-order valence-electron chi connectivity index (χ3n) is 1.85. The van der Waals surface area contributed by atoms with Crippen LogP contribution in [0, 0.1) is 0 Å². The third kappa shape index (κ3) is 4.09. The van der Waals surface area contributed by atoms with Crippen molar-refractivity contribution in [3.63, 3.8) is 0 Å². The van der Waals surface area contributed by atoms with Crippen LogP contribution in [0.5, 0.6) is 0 Å². The lowest BCUT2D eigenvalue weighted by Gasteiger charge is -2.22. The summed E-state index contributed by atoms with van der Waals surface area (Å²) in [6.45, 7) is 3.64. The first-order chi connectivity index (χ1) is 5.79. The van der Waals surface area contributed by atoms with Gasteiger partial charge in [0, 0.05) is 6.92 Å². The molecule has 1 aliphatic heterocycles. The van der Waals surface area contributed by atoms with Gasteiger partial charge < -0.3 is 10.1 Å². The molecule has 1 fully saturated rings. The van der Waals surface area contributed by atoms with Crippen LogP contribution in [0.4, 0.5) is 0 Å². The van der Waals surface area contributed by atoms with E-state index in [-0.39, 0.29) is 5.12 Å². The molecule has 0 aromatic carbocycles. The highest BCUT2D eigenvalue weighted by molar-refractivity contribution is 8.13. The lowest BCUT2D eigenvalue weighted by molar-refractivity contribution is -0.109. The van der Waals surface area contributed by atoms with Crippen LogP contribution in [0.2, 0.25) is 0 Å². The first-order valence-corrected chi connectivity index (χ1v) is 5.23. The largest absolute Gasteiger partial charge is 0.367 e. The van der Waals surface area contributed by atoms with Crippen LogP contribution in [-0.2, 0) is 9.53 Å². The Morgan fingerprint density at radius 1 is 1.58 bits per heavy atom. The van der Waals surface area contributed by atoms with Crippen molar-refractivity contribution in [1.82, 2.24) is 5.32 Å². The fourth-order valence-electron chi connectivity index (χ4n) is 1.18. The highest BCUT2D eigenvalue weighted by atomic mass is 32.2. The number of hydrogen-bond acceptors (Lipinski definition) is 4. The van der Waals surface area contributed by atoms with Crippen molar-refractivity contribution < 1.29 is 9.53 Å². The predicted octanol–water partition coefficient (Wildman–Crippen LogP) is 0.992. The van der Waals surface area contributed by atoms with Crippen LogP contribution in [0.3, 0.4) is 0 Å². The maximum atomic E-state index is 10.6. The van der Waals surface area contributed by atoms with E-state index in [1.165, 1.54) is 11.8 Å². The van der Waals surface area contributed by atoms with Crippen molar-refractivity contribution in [2.75, 3.05) is 19.0 Å². The summed E-state index contributed by atoms with van der Waals surface area (Å²) in [6, 6.07) is 0. The molecule has 0 atom stereocenters. The second-order valence-corrected chi connectivity index (χ2v) is 3.97. The van der Waals surface area contributed by atoms with Crippen molar-refractivity contribution in [3.8, 4) is 0 Å². The van der Waals surface area contributed by atoms with Crippen molar-refractivity contribution >= 4 is 16.9 Å². The Morgan fingerprint density at radius 3 is 2.83 bits per heavy atom. The number of rotatable bonds is 3. The van der Waals surface area contributed by atoms with Crippen LogP contribution in [-0.4, -0.2) is 30.2 Å². The van der Waals surface area contributed by atoms with Crippen LogP contribution in [0.1, 0.15) is 19.8 Å². The quantitative estimate of drug-likeness (QED) is 0.672. The summed E-state index contributed by atoms with van der Waals surface area (Å²) in [5, 5.41) is 3.39. The van der Waals surface area contributed by atoms with Crippen LogP contribution >= 0.6 is 11.8 Å². The second kappa shape index (κ2) is 5.56. The zero-order chi connectivity index (χ0) is 8.81. The maximum Gasteiger partial charge on any atom is 0.188 e. The minimum Gasteiger partial charge on any atom is -0.367 e. The number of hydrogen-bond donors (Lipinski definition) is 1. The molecule has 0 spiro atoms. The number of piperidine rings is 1. The fourth-order valence-corrected chi connectivity index (χ4v) is 1.60. The molecule has 12 heavy (non-hydrogen) atoms. The topological polar surface area (TPSA) is 38.3 Å². The van der Waals surface area contributed by atoms with Gasteiger partial charge in [0.25, 0.3) is 0 Å². The van der Waals surface area contributed by atoms with Gasteiger partial charge in [0.15, 0.2) is 5.12 Å².